The fourth-order valence-electron chi connectivity index (χ4n) is 3.46. The first kappa shape index (κ1) is 26.0. The van der Waals surface area contributed by atoms with Crippen molar-refractivity contribution in [3.05, 3.63) is 75.2 Å². The molecule has 0 radical (unpaired) electrons. The molecule has 0 bridgehead atoms. The Hall–Kier alpha value is -2.62. The van der Waals surface area contributed by atoms with Gasteiger partial charge in [-0.1, -0.05) is 11.6 Å². The van der Waals surface area contributed by atoms with Crippen molar-refractivity contribution in [2.75, 3.05) is 29.1 Å². The van der Waals surface area contributed by atoms with E-state index in [0.29, 0.717) is 14.9 Å². The predicted octanol–water partition coefficient (Wildman–Crippen LogP) is 6.46. The summed E-state index contributed by atoms with van der Waals surface area (Å²) in [6.07, 6.45) is -1.88. The molecule has 1 aromatic heterocycles. The molecule has 0 aliphatic heterocycles. The molecule has 3 aromatic rings. The zero-order chi connectivity index (χ0) is 24.9. The number of ether oxygens (including phenoxy) is 1. The summed E-state index contributed by atoms with van der Waals surface area (Å²) in [6, 6.07) is 13.4. The van der Waals surface area contributed by atoms with Gasteiger partial charge in [-0.25, -0.2) is 17.6 Å². The average Bonchev–Trinajstić information content (AvgIpc) is 3.22. The number of amides is 1. The zero-order valence-electron chi connectivity index (χ0n) is 19.0. The quantitative estimate of drug-likeness (QED) is 0.325. The standard InChI is InChI=1S/C24H26ClFN2O4S2/c1-4-28(5-2)18-8-11-20(16(3)14-18)27-24(29)32-21(22-12-13-23(25)33-22)15-34(30,31)19-9-6-17(26)7-10-19/h6-14,21H,4-5,15H2,1-3H3,(H,27,29). The number of aryl methyl sites for hydroxylation is 1. The van der Waals surface area contributed by atoms with Crippen LogP contribution in [0.3, 0.4) is 0 Å². The molecular weight excluding hydrogens is 499 g/mol. The third-order valence-electron chi connectivity index (χ3n) is 5.28. The molecule has 1 atom stereocenters. The van der Waals surface area contributed by atoms with Crippen LogP contribution in [0.25, 0.3) is 0 Å². The van der Waals surface area contributed by atoms with Gasteiger partial charge in [0.2, 0.25) is 0 Å². The second-order valence-corrected chi connectivity index (χ2v) is 11.3. The number of nitrogens with zero attached hydrogens (tertiary/aromatic N) is 1. The molecule has 10 heteroatoms. The van der Waals surface area contributed by atoms with Crippen LogP contribution in [0.1, 0.15) is 30.4 Å². The molecule has 6 nitrogen and oxygen atoms in total. The summed E-state index contributed by atoms with van der Waals surface area (Å²) in [7, 11) is -3.88. The fourth-order valence-corrected chi connectivity index (χ4v) is 6.04. The SMILES string of the molecule is CCN(CC)c1ccc(NC(=O)OC(CS(=O)(=O)c2ccc(F)cc2)c2ccc(Cl)s2)c(C)c1. The van der Waals surface area contributed by atoms with Crippen LogP contribution in [-0.4, -0.2) is 33.4 Å². The van der Waals surface area contributed by atoms with E-state index >= 15 is 0 Å². The predicted molar refractivity (Wildman–Crippen MR) is 135 cm³/mol. The van der Waals surface area contributed by atoms with Crippen LogP contribution in [0, 0.1) is 12.7 Å². The molecule has 0 spiro atoms. The van der Waals surface area contributed by atoms with Gasteiger partial charge in [-0.05, 0) is 80.9 Å². The van der Waals surface area contributed by atoms with E-state index in [1.54, 1.807) is 18.2 Å². The maximum Gasteiger partial charge on any atom is 0.412 e. The minimum Gasteiger partial charge on any atom is -0.439 e. The van der Waals surface area contributed by atoms with Crippen LogP contribution in [0.5, 0.6) is 0 Å². The average molecular weight is 525 g/mol. The van der Waals surface area contributed by atoms with Crippen molar-refractivity contribution in [2.24, 2.45) is 0 Å². The number of hydrogen-bond acceptors (Lipinski definition) is 6. The Labute approximate surface area is 208 Å². The molecule has 3 rings (SSSR count). The molecule has 0 fully saturated rings. The Morgan fingerprint density at radius 1 is 1.12 bits per heavy atom. The summed E-state index contributed by atoms with van der Waals surface area (Å²) in [5.74, 6) is -1.05. The van der Waals surface area contributed by atoms with Crippen molar-refractivity contribution < 1.29 is 22.3 Å². The van der Waals surface area contributed by atoms with Gasteiger partial charge >= 0.3 is 6.09 Å². The minimum absolute atomic E-state index is 0.0617. The number of carbonyl (C=O) groups is 1. The molecule has 34 heavy (non-hydrogen) atoms. The number of halogens is 2. The molecule has 1 N–H and O–H groups in total. The molecule has 2 aromatic carbocycles. The number of nitrogens with one attached hydrogen (secondary N) is 1. The van der Waals surface area contributed by atoms with Crippen LogP contribution < -0.4 is 10.2 Å². The number of thiophene rings is 1. The number of carbonyl (C=O) groups excluding carboxylic acids is 1. The van der Waals surface area contributed by atoms with Gasteiger partial charge in [0.1, 0.15) is 5.82 Å². The summed E-state index contributed by atoms with van der Waals surface area (Å²) in [5.41, 5.74) is 2.44. The van der Waals surface area contributed by atoms with E-state index in [2.05, 4.69) is 24.1 Å². The summed E-state index contributed by atoms with van der Waals surface area (Å²) >= 11 is 7.15. The number of anilines is 2. The van der Waals surface area contributed by atoms with Crippen molar-refractivity contribution in [1.29, 1.82) is 0 Å². The van der Waals surface area contributed by atoms with Crippen molar-refractivity contribution in [3.63, 3.8) is 0 Å². The lowest BCUT2D eigenvalue weighted by molar-refractivity contribution is 0.124. The zero-order valence-corrected chi connectivity index (χ0v) is 21.4. The number of rotatable bonds is 9. The van der Waals surface area contributed by atoms with Gasteiger partial charge in [0.15, 0.2) is 15.9 Å². The second-order valence-electron chi connectivity index (χ2n) is 7.57. The highest BCUT2D eigenvalue weighted by atomic mass is 35.5. The van der Waals surface area contributed by atoms with Gasteiger partial charge in [-0.15, -0.1) is 11.3 Å². The van der Waals surface area contributed by atoms with E-state index < -0.39 is 33.6 Å². The summed E-state index contributed by atoms with van der Waals surface area (Å²) in [6.45, 7) is 7.73. The normalized spacial score (nSPS) is 12.3. The topological polar surface area (TPSA) is 75.7 Å². The van der Waals surface area contributed by atoms with Gasteiger partial charge in [0.25, 0.3) is 0 Å². The van der Waals surface area contributed by atoms with E-state index in [9.17, 15) is 17.6 Å². The maximum absolute atomic E-state index is 13.2. The van der Waals surface area contributed by atoms with Crippen molar-refractivity contribution in [2.45, 2.75) is 31.8 Å². The largest absolute Gasteiger partial charge is 0.439 e. The summed E-state index contributed by atoms with van der Waals surface area (Å²) in [5, 5.41) is 2.70. The van der Waals surface area contributed by atoms with Gasteiger partial charge in [0, 0.05) is 29.3 Å². The molecular formula is C24H26ClFN2O4S2. The molecule has 0 saturated carbocycles. The van der Waals surface area contributed by atoms with E-state index in [1.165, 1.54) is 12.1 Å². The van der Waals surface area contributed by atoms with Gasteiger partial charge < -0.3 is 9.64 Å². The lowest BCUT2D eigenvalue weighted by Crippen LogP contribution is -2.24. The Bertz CT molecular complexity index is 1240. The highest BCUT2D eigenvalue weighted by Crippen LogP contribution is 2.32. The lowest BCUT2D eigenvalue weighted by Gasteiger charge is -2.22. The van der Waals surface area contributed by atoms with Crippen LogP contribution in [-0.2, 0) is 14.6 Å². The van der Waals surface area contributed by atoms with Crippen molar-refractivity contribution >= 4 is 50.2 Å². The first-order valence-corrected chi connectivity index (χ1v) is 13.5. The Kier molecular flexibility index (Phi) is 8.57. The molecule has 0 saturated heterocycles. The number of benzene rings is 2. The smallest absolute Gasteiger partial charge is 0.412 e. The van der Waals surface area contributed by atoms with Crippen LogP contribution in [0.4, 0.5) is 20.6 Å². The minimum atomic E-state index is -3.88. The van der Waals surface area contributed by atoms with Gasteiger partial charge in [-0.2, -0.15) is 0 Å². The molecule has 0 aliphatic rings. The number of hydrogen-bond donors (Lipinski definition) is 1. The van der Waals surface area contributed by atoms with Crippen molar-refractivity contribution in [1.82, 2.24) is 0 Å². The molecule has 1 unspecified atom stereocenters. The second kappa shape index (κ2) is 11.2. The monoisotopic (exact) mass is 524 g/mol. The molecule has 1 heterocycles. The highest BCUT2D eigenvalue weighted by Gasteiger charge is 2.27. The Morgan fingerprint density at radius 2 is 1.79 bits per heavy atom. The Morgan fingerprint density at radius 3 is 2.35 bits per heavy atom. The van der Waals surface area contributed by atoms with Crippen LogP contribution in [0.2, 0.25) is 4.34 Å². The molecule has 182 valence electrons. The van der Waals surface area contributed by atoms with Gasteiger partial charge in [0.05, 0.1) is 15.0 Å². The van der Waals surface area contributed by atoms with E-state index in [0.717, 1.165) is 47.8 Å². The van der Waals surface area contributed by atoms with E-state index in [4.69, 9.17) is 16.3 Å². The van der Waals surface area contributed by atoms with Gasteiger partial charge in [-0.3, -0.25) is 5.32 Å². The molecule has 0 aliphatic carbocycles. The first-order chi connectivity index (χ1) is 16.1. The van der Waals surface area contributed by atoms with Crippen molar-refractivity contribution in [3.8, 4) is 0 Å². The first-order valence-electron chi connectivity index (χ1n) is 10.7. The molecule has 1 amide bonds. The van der Waals surface area contributed by atoms with E-state index in [-0.39, 0.29) is 4.90 Å². The third kappa shape index (κ3) is 6.49. The lowest BCUT2D eigenvalue weighted by atomic mass is 10.1. The number of sulfone groups is 1. The third-order valence-corrected chi connectivity index (χ3v) is 8.33. The fraction of sp³-hybridized carbons (Fsp3) is 0.292. The Balaban J connectivity index is 1.79. The summed E-state index contributed by atoms with van der Waals surface area (Å²) in [4.78, 5) is 15.3. The van der Waals surface area contributed by atoms with Crippen LogP contribution >= 0.6 is 22.9 Å². The van der Waals surface area contributed by atoms with Crippen LogP contribution in [0.15, 0.2) is 59.5 Å². The summed E-state index contributed by atoms with van der Waals surface area (Å²) < 4.78 is 45.1. The van der Waals surface area contributed by atoms with E-state index in [1.807, 2.05) is 19.1 Å². The maximum atomic E-state index is 13.2. The highest BCUT2D eigenvalue weighted by molar-refractivity contribution is 7.91.